The third-order valence-electron chi connectivity index (χ3n) is 4.34. The zero-order chi connectivity index (χ0) is 17.8. The number of nitrogens with one attached hydrogen (secondary N) is 1. The Kier molecular flexibility index (Phi) is 5.08. The van der Waals surface area contributed by atoms with Crippen LogP contribution in [0.1, 0.15) is 29.7 Å². The molecule has 4 heteroatoms. The number of nitrogens with zero attached hydrogens (tertiary/aromatic N) is 1. The molecule has 1 amide bonds. The Hall–Kier alpha value is -2.75. The zero-order valence-electron chi connectivity index (χ0n) is 14.5. The van der Waals surface area contributed by atoms with E-state index in [1.165, 1.54) is 12.1 Å². The molecule has 0 saturated heterocycles. The smallest absolute Gasteiger partial charge is 0.224 e. The van der Waals surface area contributed by atoms with Crippen molar-refractivity contribution in [2.24, 2.45) is 0 Å². The third-order valence-corrected chi connectivity index (χ3v) is 4.34. The topological polar surface area (TPSA) is 42.0 Å². The van der Waals surface area contributed by atoms with Crippen LogP contribution in [0.4, 0.5) is 10.1 Å². The number of aromatic nitrogens is 1. The average molecular weight is 336 g/mol. The maximum atomic E-state index is 13.3. The van der Waals surface area contributed by atoms with Crippen molar-refractivity contribution in [1.82, 2.24) is 4.98 Å². The highest BCUT2D eigenvalue weighted by atomic mass is 19.1. The van der Waals surface area contributed by atoms with Crippen molar-refractivity contribution >= 4 is 22.5 Å². The molecule has 25 heavy (non-hydrogen) atoms. The molecule has 1 N–H and O–H groups in total. The van der Waals surface area contributed by atoms with E-state index in [0.29, 0.717) is 11.9 Å². The SMILES string of the molecule is Cc1ccccc1NC(=O)CCCc1cc2ccc(F)cc2nc1C. The molecule has 0 saturated carbocycles. The van der Waals surface area contributed by atoms with Crippen LogP contribution in [-0.2, 0) is 11.2 Å². The summed E-state index contributed by atoms with van der Waals surface area (Å²) in [5.74, 6) is -0.261. The first-order valence-electron chi connectivity index (χ1n) is 8.44. The van der Waals surface area contributed by atoms with Crippen molar-refractivity contribution in [1.29, 1.82) is 0 Å². The Balaban J connectivity index is 1.61. The van der Waals surface area contributed by atoms with Gasteiger partial charge in [-0.25, -0.2) is 4.39 Å². The number of amides is 1. The van der Waals surface area contributed by atoms with Crippen LogP contribution in [0.15, 0.2) is 48.5 Å². The van der Waals surface area contributed by atoms with Crippen LogP contribution in [0.25, 0.3) is 10.9 Å². The van der Waals surface area contributed by atoms with Gasteiger partial charge in [0, 0.05) is 29.3 Å². The first-order valence-corrected chi connectivity index (χ1v) is 8.44. The maximum absolute atomic E-state index is 13.3. The molecule has 3 aromatic rings. The highest BCUT2D eigenvalue weighted by Crippen LogP contribution is 2.19. The van der Waals surface area contributed by atoms with E-state index >= 15 is 0 Å². The molecule has 0 aliphatic rings. The Morgan fingerprint density at radius 1 is 1.12 bits per heavy atom. The van der Waals surface area contributed by atoms with E-state index < -0.39 is 0 Å². The summed E-state index contributed by atoms with van der Waals surface area (Å²) in [6.45, 7) is 3.90. The van der Waals surface area contributed by atoms with Gasteiger partial charge in [-0.2, -0.15) is 0 Å². The van der Waals surface area contributed by atoms with E-state index in [0.717, 1.165) is 40.7 Å². The Labute approximate surface area is 146 Å². The number of hydrogen-bond acceptors (Lipinski definition) is 2. The minimum absolute atomic E-state index is 0.0165. The van der Waals surface area contributed by atoms with Crippen LogP contribution >= 0.6 is 0 Å². The summed E-state index contributed by atoms with van der Waals surface area (Å²) in [6.07, 6.45) is 1.97. The second-order valence-electron chi connectivity index (χ2n) is 6.29. The van der Waals surface area contributed by atoms with Gasteiger partial charge in [0.1, 0.15) is 5.82 Å². The van der Waals surface area contributed by atoms with Crippen LogP contribution in [0, 0.1) is 19.7 Å². The van der Waals surface area contributed by atoms with Crippen LogP contribution in [0.2, 0.25) is 0 Å². The number of hydrogen-bond donors (Lipinski definition) is 1. The number of fused-ring (bicyclic) bond motifs is 1. The number of aryl methyl sites for hydroxylation is 3. The van der Waals surface area contributed by atoms with E-state index in [1.807, 2.05) is 44.2 Å². The number of carbonyl (C=O) groups excluding carboxylic acids is 1. The molecule has 3 rings (SSSR count). The quantitative estimate of drug-likeness (QED) is 0.716. The van der Waals surface area contributed by atoms with Crippen molar-refractivity contribution in [3.63, 3.8) is 0 Å². The lowest BCUT2D eigenvalue weighted by Gasteiger charge is -2.09. The first kappa shape index (κ1) is 17.1. The molecule has 128 valence electrons. The fraction of sp³-hybridized carbons (Fsp3) is 0.238. The molecule has 3 nitrogen and oxygen atoms in total. The molecule has 0 radical (unpaired) electrons. The number of anilines is 1. The summed E-state index contributed by atoms with van der Waals surface area (Å²) < 4.78 is 13.3. The van der Waals surface area contributed by atoms with E-state index in [1.54, 1.807) is 6.07 Å². The predicted molar refractivity (Wildman–Crippen MR) is 99.2 cm³/mol. The average Bonchev–Trinajstić information content (AvgIpc) is 2.57. The van der Waals surface area contributed by atoms with Gasteiger partial charge in [-0.3, -0.25) is 9.78 Å². The van der Waals surface area contributed by atoms with Crippen LogP contribution in [0.3, 0.4) is 0 Å². The van der Waals surface area contributed by atoms with Crippen molar-refractivity contribution in [2.75, 3.05) is 5.32 Å². The predicted octanol–water partition coefficient (Wildman–Crippen LogP) is 4.95. The van der Waals surface area contributed by atoms with E-state index in [-0.39, 0.29) is 11.7 Å². The molecule has 0 fully saturated rings. The summed E-state index contributed by atoms with van der Waals surface area (Å²) in [4.78, 5) is 16.6. The number of halogens is 1. The van der Waals surface area contributed by atoms with E-state index in [9.17, 15) is 9.18 Å². The van der Waals surface area contributed by atoms with Gasteiger partial charge in [-0.1, -0.05) is 18.2 Å². The monoisotopic (exact) mass is 336 g/mol. The Bertz CT molecular complexity index is 921. The second kappa shape index (κ2) is 7.43. The second-order valence-corrected chi connectivity index (χ2v) is 6.29. The van der Waals surface area contributed by atoms with Gasteiger partial charge in [0.2, 0.25) is 5.91 Å². The molecule has 1 heterocycles. The summed E-state index contributed by atoms with van der Waals surface area (Å²) in [6, 6.07) is 14.4. The van der Waals surface area contributed by atoms with Gasteiger partial charge in [-0.05, 0) is 62.1 Å². The number of para-hydroxylation sites is 1. The fourth-order valence-corrected chi connectivity index (χ4v) is 2.90. The van der Waals surface area contributed by atoms with Crippen LogP contribution in [0.5, 0.6) is 0 Å². The molecule has 0 unspecified atom stereocenters. The lowest BCUT2D eigenvalue weighted by Crippen LogP contribution is -2.12. The first-order chi connectivity index (χ1) is 12.0. The van der Waals surface area contributed by atoms with E-state index in [4.69, 9.17) is 0 Å². The molecule has 0 bridgehead atoms. The maximum Gasteiger partial charge on any atom is 0.224 e. The zero-order valence-corrected chi connectivity index (χ0v) is 14.5. The molecule has 0 atom stereocenters. The lowest BCUT2D eigenvalue weighted by molar-refractivity contribution is -0.116. The van der Waals surface area contributed by atoms with Crippen molar-refractivity contribution in [3.8, 4) is 0 Å². The minimum atomic E-state index is -0.278. The fourth-order valence-electron chi connectivity index (χ4n) is 2.90. The van der Waals surface area contributed by atoms with Gasteiger partial charge in [-0.15, -0.1) is 0 Å². The summed E-state index contributed by atoms with van der Waals surface area (Å²) >= 11 is 0. The van der Waals surface area contributed by atoms with Gasteiger partial charge in [0.25, 0.3) is 0 Å². The summed E-state index contributed by atoms with van der Waals surface area (Å²) in [5.41, 5.74) is 4.56. The highest BCUT2D eigenvalue weighted by Gasteiger charge is 2.07. The van der Waals surface area contributed by atoms with Gasteiger partial charge in [0.15, 0.2) is 0 Å². The van der Waals surface area contributed by atoms with Gasteiger partial charge >= 0.3 is 0 Å². The van der Waals surface area contributed by atoms with Crippen molar-refractivity contribution in [2.45, 2.75) is 33.1 Å². The third kappa shape index (κ3) is 4.21. The van der Waals surface area contributed by atoms with Crippen molar-refractivity contribution in [3.05, 3.63) is 71.2 Å². The van der Waals surface area contributed by atoms with E-state index in [2.05, 4.69) is 10.3 Å². The standard InChI is InChI=1S/C21H21FN2O/c1-14-6-3-4-8-19(14)24-21(25)9-5-7-16-12-17-10-11-18(22)13-20(17)23-15(16)2/h3-4,6,8,10-13H,5,7,9H2,1-2H3,(H,24,25). The number of benzene rings is 2. The molecule has 2 aromatic carbocycles. The Morgan fingerprint density at radius 3 is 2.72 bits per heavy atom. The molecular weight excluding hydrogens is 315 g/mol. The molecule has 0 aliphatic heterocycles. The largest absolute Gasteiger partial charge is 0.326 e. The Morgan fingerprint density at radius 2 is 1.92 bits per heavy atom. The van der Waals surface area contributed by atoms with Crippen molar-refractivity contribution < 1.29 is 9.18 Å². The van der Waals surface area contributed by atoms with Crippen LogP contribution < -0.4 is 5.32 Å². The summed E-state index contributed by atoms with van der Waals surface area (Å²) in [7, 11) is 0. The number of rotatable bonds is 5. The number of pyridine rings is 1. The minimum Gasteiger partial charge on any atom is -0.326 e. The van der Waals surface area contributed by atoms with Crippen LogP contribution in [-0.4, -0.2) is 10.9 Å². The molecule has 0 aliphatic carbocycles. The van der Waals surface area contributed by atoms with Gasteiger partial charge < -0.3 is 5.32 Å². The molecule has 1 aromatic heterocycles. The lowest BCUT2D eigenvalue weighted by atomic mass is 10.0. The summed E-state index contributed by atoms with van der Waals surface area (Å²) in [5, 5.41) is 3.87. The van der Waals surface area contributed by atoms with Gasteiger partial charge in [0.05, 0.1) is 5.52 Å². The normalized spacial score (nSPS) is 10.8. The molecule has 0 spiro atoms. The highest BCUT2D eigenvalue weighted by molar-refractivity contribution is 5.91. The molecular formula is C21H21FN2O. The number of carbonyl (C=O) groups is 1.